The molecule has 1 aromatic carbocycles. The Hall–Kier alpha value is -3.91. The summed E-state index contributed by atoms with van der Waals surface area (Å²) in [5, 5.41) is 31.9. The molecule has 2 saturated heterocycles. The van der Waals surface area contributed by atoms with E-state index in [2.05, 4.69) is 20.9 Å². The van der Waals surface area contributed by atoms with Crippen molar-refractivity contribution in [3.8, 4) is 5.75 Å². The van der Waals surface area contributed by atoms with Gasteiger partial charge in [0.05, 0.1) is 18.7 Å². The van der Waals surface area contributed by atoms with Gasteiger partial charge >= 0.3 is 5.96 Å². The number of benzene rings is 1. The summed E-state index contributed by atoms with van der Waals surface area (Å²) >= 11 is 0. The summed E-state index contributed by atoms with van der Waals surface area (Å²) in [6, 6.07) is 2.29. The zero-order valence-electron chi connectivity index (χ0n) is 21.0. The van der Waals surface area contributed by atoms with Crippen molar-refractivity contribution >= 4 is 29.6 Å². The number of aliphatic hydroxyl groups is 2. The van der Waals surface area contributed by atoms with Crippen molar-refractivity contribution in [3.05, 3.63) is 29.3 Å². The third-order valence-corrected chi connectivity index (χ3v) is 8.04. The lowest BCUT2D eigenvalue weighted by Gasteiger charge is -2.44. The van der Waals surface area contributed by atoms with Crippen LogP contribution in [0.3, 0.4) is 0 Å². The van der Waals surface area contributed by atoms with E-state index >= 15 is 0 Å². The molecular weight excluding hydrogens is 496 g/mol. The van der Waals surface area contributed by atoms with Gasteiger partial charge in [-0.15, -0.1) is 0 Å². The van der Waals surface area contributed by atoms with Crippen LogP contribution in [0.1, 0.15) is 42.6 Å². The second-order valence-electron chi connectivity index (χ2n) is 11.1. The van der Waals surface area contributed by atoms with Gasteiger partial charge in [0.25, 0.3) is 5.91 Å². The van der Waals surface area contributed by atoms with Crippen LogP contribution >= 0.6 is 0 Å². The predicted octanol–water partition coefficient (Wildman–Crippen LogP) is -3.38. The van der Waals surface area contributed by atoms with Crippen molar-refractivity contribution in [1.29, 1.82) is 0 Å². The summed E-state index contributed by atoms with van der Waals surface area (Å²) in [7, 11) is 0. The fourth-order valence-corrected chi connectivity index (χ4v) is 6.36. The van der Waals surface area contributed by atoms with E-state index in [0.717, 1.165) is 10.5 Å². The van der Waals surface area contributed by atoms with Crippen LogP contribution in [0.4, 0.5) is 0 Å². The van der Waals surface area contributed by atoms with Crippen molar-refractivity contribution in [2.24, 2.45) is 16.5 Å². The van der Waals surface area contributed by atoms with Gasteiger partial charge < -0.3 is 31.3 Å². The number of carbonyl (C=O) groups excluding carboxylic acids is 3. The SMILES string of the molecule is CC1(C)Cc2cccc(C(=O)NC3C[N+]4=C(N)N[C@@H](CN5C(=O)CCC5=O)C5N=C(N)NC54C3(O)O)c2O1. The Bertz CT molecular complexity index is 1320. The van der Waals surface area contributed by atoms with E-state index in [-0.39, 0.29) is 55.2 Å². The first-order valence-corrected chi connectivity index (χ1v) is 12.5. The maximum absolute atomic E-state index is 13.4. The van der Waals surface area contributed by atoms with E-state index in [1.165, 1.54) is 4.58 Å². The minimum Gasteiger partial charge on any atom is -0.486 e. The van der Waals surface area contributed by atoms with Gasteiger partial charge in [0.1, 0.15) is 29.5 Å². The Morgan fingerprint density at radius 1 is 1.26 bits per heavy atom. The normalized spacial score (nSPS) is 32.2. The molecule has 0 aromatic heterocycles. The van der Waals surface area contributed by atoms with E-state index in [4.69, 9.17) is 16.2 Å². The highest BCUT2D eigenvalue weighted by atomic mass is 16.5. The van der Waals surface area contributed by atoms with Gasteiger partial charge in [0.2, 0.25) is 23.3 Å². The number of nitrogens with one attached hydrogen (secondary N) is 3. The third-order valence-electron chi connectivity index (χ3n) is 8.04. The average Bonchev–Trinajstić information content (AvgIpc) is 3.52. The smallest absolute Gasteiger partial charge is 0.346 e. The topological polar surface area (TPSA) is 208 Å². The molecule has 4 atom stereocenters. The second-order valence-corrected chi connectivity index (χ2v) is 11.1. The van der Waals surface area contributed by atoms with E-state index in [1.807, 2.05) is 19.9 Å². The molecule has 5 heterocycles. The molecule has 202 valence electrons. The van der Waals surface area contributed by atoms with Crippen molar-refractivity contribution in [1.82, 2.24) is 20.9 Å². The Kier molecular flexibility index (Phi) is 5.01. The number of aliphatic imine (C=N–C) groups is 1. The van der Waals surface area contributed by atoms with Gasteiger partial charge in [0, 0.05) is 19.3 Å². The minimum absolute atomic E-state index is 0.0534. The fourth-order valence-electron chi connectivity index (χ4n) is 6.36. The Labute approximate surface area is 217 Å². The number of amides is 3. The van der Waals surface area contributed by atoms with E-state index in [0.29, 0.717) is 12.2 Å². The lowest BCUT2D eigenvalue weighted by molar-refractivity contribution is -0.623. The number of guanidine groups is 2. The first kappa shape index (κ1) is 24.4. The number of imide groups is 1. The van der Waals surface area contributed by atoms with Gasteiger partial charge in [-0.1, -0.05) is 12.1 Å². The maximum atomic E-state index is 13.4. The van der Waals surface area contributed by atoms with Crippen LogP contribution in [0.15, 0.2) is 23.2 Å². The second kappa shape index (κ2) is 7.80. The monoisotopic (exact) mass is 527 g/mol. The molecule has 2 fully saturated rings. The highest BCUT2D eigenvalue weighted by Gasteiger charge is 2.75. The van der Waals surface area contributed by atoms with Crippen molar-refractivity contribution < 1.29 is 33.9 Å². The molecule has 3 amide bonds. The number of rotatable bonds is 4. The molecule has 6 rings (SSSR count). The first-order chi connectivity index (χ1) is 17.8. The van der Waals surface area contributed by atoms with Crippen molar-refractivity contribution in [2.45, 2.75) is 68.3 Å². The van der Waals surface area contributed by atoms with Gasteiger partial charge in [-0.25, -0.2) is 9.57 Å². The first-order valence-electron chi connectivity index (χ1n) is 12.5. The number of hydrogen-bond donors (Lipinski definition) is 7. The summed E-state index contributed by atoms with van der Waals surface area (Å²) < 4.78 is 7.48. The van der Waals surface area contributed by atoms with Crippen LogP contribution in [-0.2, 0) is 16.0 Å². The van der Waals surface area contributed by atoms with Crippen LogP contribution in [0.25, 0.3) is 0 Å². The molecule has 38 heavy (non-hydrogen) atoms. The number of fused-ring (bicyclic) bond motifs is 1. The van der Waals surface area contributed by atoms with Gasteiger partial charge in [-0.3, -0.25) is 30.3 Å². The maximum Gasteiger partial charge on any atom is 0.346 e. The number of para-hydroxylation sites is 1. The number of nitrogens with zero attached hydrogens (tertiary/aromatic N) is 3. The summed E-state index contributed by atoms with van der Waals surface area (Å²) in [5.41, 5.74) is 11.3. The summed E-state index contributed by atoms with van der Waals surface area (Å²) in [5.74, 6) is -3.39. The Morgan fingerprint density at radius 3 is 2.68 bits per heavy atom. The third kappa shape index (κ3) is 3.29. The lowest BCUT2D eigenvalue weighted by Crippen LogP contribution is -2.79. The molecule has 14 heteroatoms. The highest BCUT2D eigenvalue weighted by Crippen LogP contribution is 2.42. The minimum atomic E-state index is -2.62. The largest absolute Gasteiger partial charge is 0.486 e. The summed E-state index contributed by atoms with van der Waals surface area (Å²) in [6.45, 7) is 3.67. The van der Waals surface area contributed by atoms with Crippen LogP contribution in [0.2, 0.25) is 0 Å². The molecule has 14 nitrogen and oxygen atoms in total. The number of likely N-dealkylation sites (tertiary alicyclic amines) is 1. The molecule has 0 saturated carbocycles. The molecule has 0 radical (unpaired) electrons. The molecular formula is C24H31N8O6+. The quantitative estimate of drug-likeness (QED) is 0.117. The average molecular weight is 528 g/mol. The lowest BCUT2D eigenvalue weighted by atomic mass is 9.85. The van der Waals surface area contributed by atoms with E-state index in [1.54, 1.807) is 12.1 Å². The van der Waals surface area contributed by atoms with E-state index < -0.39 is 41.1 Å². The van der Waals surface area contributed by atoms with Crippen LogP contribution < -0.4 is 32.2 Å². The number of nitrogens with two attached hydrogens (primary N) is 2. The van der Waals surface area contributed by atoms with Gasteiger partial charge in [0.15, 0.2) is 5.96 Å². The predicted molar refractivity (Wildman–Crippen MR) is 132 cm³/mol. The number of hydrogen-bond acceptors (Lipinski definition) is 11. The molecule has 1 spiro atoms. The zero-order valence-corrected chi connectivity index (χ0v) is 21.0. The molecule has 9 N–H and O–H groups in total. The fraction of sp³-hybridized carbons (Fsp3) is 0.542. The van der Waals surface area contributed by atoms with Crippen LogP contribution in [0, 0.1) is 0 Å². The summed E-state index contributed by atoms with van der Waals surface area (Å²) in [6.07, 6.45) is 0.855. The van der Waals surface area contributed by atoms with Gasteiger partial charge in [-0.2, -0.15) is 0 Å². The molecule has 3 unspecified atom stereocenters. The van der Waals surface area contributed by atoms with Crippen molar-refractivity contribution in [2.75, 3.05) is 13.1 Å². The molecule has 1 aromatic rings. The molecule has 5 aliphatic rings. The summed E-state index contributed by atoms with van der Waals surface area (Å²) in [4.78, 5) is 43.5. The van der Waals surface area contributed by atoms with Gasteiger partial charge in [-0.05, 0) is 25.5 Å². The standard InChI is InChI=1S/C24H30N8O6/c1-22(2)8-11-4-3-5-12(17(11)38-22)19(35)28-14-10-32-21(26)27-13(9-31-15(33)6-7-16(31)34)18-23(32,24(14,36)37)30-20(25)29-18/h3-5,13-14,18,36-37H,6-10H2,1-2H3,(H6,25,26,27,28,29,30,35)/p+1/t13-,14?,18?,23?/m0/s1. The molecule has 5 aliphatic heterocycles. The molecule has 0 bridgehead atoms. The van der Waals surface area contributed by atoms with E-state index in [9.17, 15) is 24.6 Å². The van der Waals surface area contributed by atoms with Crippen LogP contribution in [-0.4, -0.2) is 97.6 Å². The van der Waals surface area contributed by atoms with Crippen molar-refractivity contribution in [3.63, 3.8) is 0 Å². The van der Waals surface area contributed by atoms with Crippen LogP contribution in [0.5, 0.6) is 5.75 Å². The number of carbonyl (C=O) groups is 3. The highest BCUT2D eigenvalue weighted by molar-refractivity contribution is 6.02. The Balaban J connectivity index is 1.31. The Morgan fingerprint density at radius 2 is 1.97 bits per heavy atom. The zero-order chi connectivity index (χ0) is 27.2. The number of ether oxygens (including phenoxy) is 1. The molecule has 0 aliphatic carbocycles.